The van der Waals surface area contributed by atoms with Crippen molar-refractivity contribution in [2.45, 2.75) is 64.9 Å². The van der Waals surface area contributed by atoms with Gasteiger partial charge in [0.25, 0.3) is 0 Å². The van der Waals surface area contributed by atoms with Gasteiger partial charge in [-0.25, -0.2) is 13.2 Å². The molecule has 0 N–H and O–H groups in total. The molecule has 0 spiro atoms. The van der Waals surface area contributed by atoms with Gasteiger partial charge in [0.15, 0.2) is 6.61 Å². The average Bonchev–Trinajstić information content (AvgIpc) is 2.76. The van der Waals surface area contributed by atoms with Gasteiger partial charge in [-0.3, -0.25) is 0 Å². The summed E-state index contributed by atoms with van der Waals surface area (Å²) in [6.07, 6.45) is 1.47. The van der Waals surface area contributed by atoms with Crippen molar-refractivity contribution in [1.29, 1.82) is 0 Å². The van der Waals surface area contributed by atoms with Gasteiger partial charge in [0, 0.05) is 23.7 Å². The highest BCUT2D eigenvalue weighted by atomic mass is 35.5. The van der Waals surface area contributed by atoms with Crippen LogP contribution in [0.25, 0.3) is 0 Å². The highest BCUT2D eigenvalue weighted by Gasteiger charge is 2.23. The molecule has 0 saturated carbocycles. The van der Waals surface area contributed by atoms with Gasteiger partial charge >= 0.3 is 5.97 Å². The van der Waals surface area contributed by atoms with Crippen molar-refractivity contribution in [2.24, 2.45) is 0 Å². The molecule has 0 bridgehead atoms. The maximum absolute atomic E-state index is 13.2. The van der Waals surface area contributed by atoms with Crippen LogP contribution in [0.4, 0.5) is 0 Å². The molecular weight excluding hydrogens is 486 g/mol. The number of halogens is 1. The van der Waals surface area contributed by atoms with E-state index in [1.807, 2.05) is 20.8 Å². The normalized spacial score (nSPS) is 11.7. The van der Waals surface area contributed by atoms with Crippen molar-refractivity contribution < 1.29 is 22.7 Å². The molecule has 0 radical (unpaired) electrons. The third-order valence-corrected chi connectivity index (χ3v) is 6.96. The Morgan fingerprint density at radius 3 is 2.23 bits per heavy atom. The van der Waals surface area contributed by atoms with Crippen molar-refractivity contribution in [3.05, 3.63) is 58.1 Å². The van der Waals surface area contributed by atoms with Gasteiger partial charge in [0.05, 0.1) is 10.5 Å². The Morgan fingerprint density at radius 2 is 1.63 bits per heavy atom. The number of ether oxygens (including phenoxy) is 2. The fourth-order valence-electron chi connectivity index (χ4n) is 3.26. The Labute approximate surface area is 214 Å². The molecule has 2 aromatic carbocycles. The van der Waals surface area contributed by atoms with Crippen LogP contribution in [0.2, 0.25) is 5.02 Å². The van der Waals surface area contributed by atoms with Crippen molar-refractivity contribution in [1.82, 2.24) is 4.31 Å². The molecule has 0 heterocycles. The van der Waals surface area contributed by atoms with E-state index >= 15 is 0 Å². The lowest BCUT2D eigenvalue weighted by Gasteiger charge is -2.21. The Morgan fingerprint density at radius 1 is 1.00 bits per heavy atom. The predicted molar refractivity (Wildman–Crippen MR) is 139 cm³/mol. The lowest BCUT2D eigenvalue weighted by molar-refractivity contribution is -0.157. The van der Waals surface area contributed by atoms with Gasteiger partial charge < -0.3 is 9.47 Å². The number of hydrogen-bond donors (Lipinski definition) is 0. The number of nitrogens with zero attached hydrogens (tertiary/aromatic N) is 1. The maximum atomic E-state index is 13.2. The second-order valence-corrected chi connectivity index (χ2v) is 11.5. The van der Waals surface area contributed by atoms with Crippen LogP contribution >= 0.6 is 11.6 Å². The first kappa shape index (κ1) is 28.7. The molecule has 6 nitrogen and oxygen atoms in total. The zero-order valence-electron chi connectivity index (χ0n) is 21.3. The summed E-state index contributed by atoms with van der Waals surface area (Å²) in [5.74, 6) is 5.96. The minimum Gasteiger partial charge on any atom is -0.481 e. The summed E-state index contributed by atoms with van der Waals surface area (Å²) in [5, 5.41) is 0.460. The largest absolute Gasteiger partial charge is 0.481 e. The minimum absolute atomic E-state index is 0.210. The lowest BCUT2D eigenvalue weighted by atomic mass is 10.1. The molecule has 2 rings (SSSR count). The van der Waals surface area contributed by atoms with E-state index in [0.717, 1.165) is 18.4 Å². The lowest BCUT2D eigenvalue weighted by Crippen LogP contribution is -2.32. The standard InChI is InChI=1S/C27H34ClNO5S/c1-7-15-29(16-8-2)35(31,32)24-13-9-20(3)21(18-24)10-11-22-17-23(28)12-14-25(22)33-19-26(30)34-27(4,5)6/h9,12-14,17-18H,7-8,15-16,19H2,1-6H3. The van der Waals surface area contributed by atoms with Crippen LogP contribution in [0.3, 0.4) is 0 Å². The number of rotatable bonds is 9. The number of aryl methyl sites for hydroxylation is 1. The molecule has 0 aliphatic rings. The van der Waals surface area contributed by atoms with Crippen LogP contribution in [0, 0.1) is 18.8 Å². The zero-order valence-corrected chi connectivity index (χ0v) is 22.8. The molecule has 35 heavy (non-hydrogen) atoms. The van der Waals surface area contributed by atoms with Crippen LogP contribution in [-0.2, 0) is 19.6 Å². The number of benzene rings is 2. The minimum atomic E-state index is -3.63. The first-order chi connectivity index (χ1) is 16.4. The SMILES string of the molecule is CCCN(CCC)S(=O)(=O)c1ccc(C)c(C#Cc2cc(Cl)ccc2OCC(=O)OC(C)(C)C)c1. The molecule has 0 unspecified atom stereocenters. The van der Waals surface area contributed by atoms with E-state index in [2.05, 4.69) is 11.8 Å². The monoisotopic (exact) mass is 519 g/mol. The second-order valence-electron chi connectivity index (χ2n) is 9.15. The molecule has 190 valence electrons. The number of sulfonamides is 1. The highest BCUT2D eigenvalue weighted by Crippen LogP contribution is 2.24. The summed E-state index contributed by atoms with van der Waals surface area (Å²) >= 11 is 6.16. The Hall–Kier alpha value is -2.53. The molecule has 0 saturated heterocycles. The number of hydrogen-bond acceptors (Lipinski definition) is 5. The molecule has 0 aliphatic heterocycles. The van der Waals surface area contributed by atoms with Crippen LogP contribution < -0.4 is 4.74 Å². The van der Waals surface area contributed by atoms with Gasteiger partial charge in [-0.1, -0.05) is 43.4 Å². The third-order valence-electron chi connectivity index (χ3n) is 4.83. The third kappa shape index (κ3) is 8.57. The Balaban J connectivity index is 2.37. The number of carbonyl (C=O) groups excluding carboxylic acids is 1. The van der Waals surface area contributed by atoms with E-state index in [9.17, 15) is 13.2 Å². The van der Waals surface area contributed by atoms with Crippen molar-refractivity contribution in [3.8, 4) is 17.6 Å². The van der Waals surface area contributed by atoms with Gasteiger partial charge in [-0.05, 0) is 76.4 Å². The molecule has 0 amide bonds. The van der Waals surface area contributed by atoms with Gasteiger partial charge in [0.1, 0.15) is 11.4 Å². The van der Waals surface area contributed by atoms with Crippen molar-refractivity contribution >= 4 is 27.6 Å². The summed E-state index contributed by atoms with van der Waals surface area (Å²) in [7, 11) is -3.63. The van der Waals surface area contributed by atoms with E-state index in [4.69, 9.17) is 21.1 Å². The molecular formula is C27H34ClNO5S. The Bertz CT molecular complexity index is 1200. The zero-order chi connectivity index (χ0) is 26.2. The van der Waals surface area contributed by atoms with E-state index in [-0.39, 0.29) is 11.5 Å². The first-order valence-corrected chi connectivity index (χ1v) is 13.5. The van der Waals surface area contributed by atoms with Crippen LogP contribution in [0.15, 0.2) is 41.3 Å². The van der Waals surface area contributed by atoms with Gasteiger partial charge in [-0.2, -0.15) is 4.31 Å². The van der Waals surface area contributed by atoms with Crippen LogP contribution in [0.1, 0.15) is 64.2 Å². The fourth-order valence-corrected chi connectivity index (χ4v) is 5.09. The molecule has 0 aliphatic carbocycles. The van der Waals surface area contributed by atoms with Crippen LogP contribution in [0.5, 0.6) is 5.75 Å². The van der Waals surface area contributed by atoms with Crippen molar-refractivity contribution in [2.75, 3.05) is 19.7 Å². The summed E-state index contributed by atoms with van der Waals surface area (Å²) in [6.45, 7) is 11.8. The number of carbonyl (C=O) groups is 1. The topological polar surface area (TPSA) is 72.9 Å². The smallest absolute Gasteiger partial charge is 0.344 e. The van der Waals surface area contributed by atoms with Crippen molar-refractivity contribution in [3.63, 3.8) is 0 Å². The molecule has 8 heteroatoms. The fraction of sp³-hybridized carbons (Fsp3) is 0.444. The Kier molecular flexibility index (Phi) is 10.2. The summed E-state index contributed by atoms with van der Waals surface area (Å²) in [5.41, 5.74) is 1.28. The molecule has 0 aromatic heterocycles. The molecule has 0 atom stereocenters. The molecule has 0 fully saturated rings. The second kappa shape index (κ2) is 12.4. The van der Waals surface area contributed by atoms with E-state index in [0.29, 0.717) is 35.0 Å². The first-order valence-electron chi connectivity index (χ1n) is 11.6. The van der Waals surface area contributed by atoms with Gasteiger partial charge in [-0.15, -0.1) is 0 Å². The van der Waals surface area contributed by atoms with E-state index in [1.54, 1.807) is 57.2 Å². The highest BCUT2D eigenvalue weighted by molar-refractivity contribution is 7.89. The van der Waals surface area contributed by atoms with Crippen LogP contribution in [-0.4, -0.2) is 44.0 Å². The number of esters is 1. The molecule has 2 aromatic rings. The van der Waals surface area contributed by atoms with E-state index < -0.39 is 21.6 Å². The van der Waals surface area contributed by atoms with Gasteiger partial charge in [0.2, 0.25) is 10.0 Å². The quantitative estimate of drug-likeness (QED) is 0.319. The summed E-state index contributed by atoms with van der Waals surface area (Å²) in [6, 6.07) is 9.89. The summed E-state index contributed by atoms with van der Waals surface area (Å²) < 4.78 is 38.8. The van der Waals surface area contributed by atoms with E-state index in [1.165, 1.54) is 4.31 Å². The average molecular weight is 520 g/mol. The maximum Gasteiger partial charge on any atom is 0.344 e. The predicted octanol–water partition coefficient (Wildman–Crippen LogP) is 5.58. The summed E-state index contributed by atoms with van der Waals surface area (Å²) in [4.78, 5) is 12.3.